The van der Waals surface area contributed by atoms with Gasteiger partial charge in [-0.3, -0.25) is 14.7 Å². The number of carbonyl (C=O) groups is 1. The highest BCUT2D eigenvalue weighted by Crippen LogP contribution is 2.28. The van der Waals surface area contributed by atoms with Crippen LogP contribution in [0.2, 0.25) is 5.02 Å². The van der Waals surface area contributed by atoms with Gasteiger partial charge in [0.2, 0.25) is 0 Å². The maximum Gasteiger partial charge on any atom is 0.320 e. The lowest BCUT2D eigenvalue weighted by Gasteiger charge is -2.38. The smallest absolute Gasteiger partial charge is 0.320 e. The molecule has 0 bridgehead atoms. The molecule has 1 atom stereocenters. The second kappa shape index (κ2) is 6.10. The van der Waals surface area contributed by atoms with Crippen LogP contribution in [0.5, 0.6) is 0 Å². The number of pyridine rings is 1. The lowest BCUT2D eigenvalue weighted by molar-refractivity contribution is -0.142. The van der Waals surface area contributed by atoms with Gasteiger partial charge in [-0.2, -0.15) is 0 Å². The molecule has 0 radical (unpaired) electrons. The van der Waals surface area contributed by atoms with Gasteiger partial charge in [0, 0.05) is 48.5 Å². The summed E-state index contributed by atoms with van der Waals surface area (Å²) in [6.45, 7) is 4.83. The number of aromatic nitrogens is 1. The zero-order valence-electron chi connectivity index (χ0n) is 12.4. The summed E-state index contributed by atoms with van der Waals surface area (Å²) in [6, 6.07) is 7.30. The van der Waals surface area contributed by atoms with Crippen molar-refractivity contribution in [1.29, 1.82) is 0 Å². The van der Waals surface area contributed by atoms with Gasteiger partial charge in [-0.05, 0) is 31.2 Å². The molecule has 2 aromatic rings. The number of hydrogen-bond acceptors (Lipinski definition) is 4. The third kappa shape index (κ3) is 2.87. The van der Waals surface area contributed by atoms with Crippen molar-refractivity contribution in [3.63, 3.8) is 0 Å². The molecule has 22 heavy (non-hydrogen) atoms. The van der Waals surface area contributed by atoms with Crippen LogP contribution in [0.4, 0.5) is 5.69 Å². The van der Waals surface area contributed by atoms with E-state index in [1.165, 1.54) is 0 Å². The topological polar surface area (TPSA) is 56.7 Å². The van der Waals surface area contributed by atoms with Crippen molar-refractivity contribution in [3.05, 3.63) is 35.5 Å². The molecule has 1 aliphatic rings. The predicted molar refractivity (Wildman–Crippen MR) is 87.6 cm³/mol. The van der Waals surface area contributed by atoms with Crippen LogP contribution in [0.1, 0.15) is 6.92 Å². The SMILES string of the molecule is CC(C(=O)O)N1CCN(c2ccnc3cc(Cl)ccc23)CC1. The third-order valence-corrected chi connectivity index (χ3v) is 4.48. The minimum Gasteiger partial charge on any atom is -0.480 e. The van der Waals surface area contributed by atoms with Crippen LogP contribution in [0, 0.1) is 0 Å². The number of carboxylic acid groups (broad SMARTS) is 1. The molecule has 0 saturated carbocycles. The molecule has 1 fully saturated rings. The minimum absolute atomic E-state index is 0.435. The van der Waals surface area contributed by atoms with Crippen molar-refractivity contribution in [2.24, 2.45) is 0 Å². The molecular formula is C16H18ClN3O2. The highest BCUT2D eigenvalue weighted by Gasteiger charge is 2.25. The Kier molecular flexibility index (Phi) is 4.18. The van der Waals surface area contributed by atoms with Gasteiger partial charge < -0.3 is 10.0 Å². The fourth-order valence-corrected chi connectivity index (χ4v) is 3.05. The molecule has 1 aromatic heterocycles. The first-order valence-corrected chi connectivity index (χ1v) is 7.70. The molecule has 6 heteroatoms. The molecule has 0 aliphatic carbocycles. The first kappa shape index (κ1) is 15.1. The normalized spacial score (nSPS) is 17.6. The quantitative estimate of drug-likeness (QED) is 0.942. The van der Waals surface area contributed by atoms with Crippen molar-refractivity contribution < 1.29 is 9.90 Å². The number of piperazine rings is 1. The second-order valence-corrected chi connectivity index (χ2v) is 5.97. The van der Waals surface area contributed by atoms with Gasteiger partial charge in [0.25, 0.3) is 0 Å². The average molecular weight is 320 g/mol. The first-order valence-electron chi connectivity index (χ1n) is 7.32. The van der Waals surface area contributed by atoms with Gasteiger partial charge in [-0.15, -0.1) is 0 Å². The number of nitrogens with zero attached hydrogens (tertiary/aromatic N) is 3. The number of halogens is 1. The van der Waals surface area contributed by atoms with E-state index in [1.807, 2.05) is 29.2 Å². The van der Waals surface area contributed by atoms with Crippen LogP contribution in [-0.4, -0.2) is 53.2 Å². The zero-order valence-corrected chi connectivity index (χ0v) is 13.1. The molecule has 1 unspecified atom stereocenters. The van der Waals surface area contributed by atoms with Crippen molar-refractivity contribution in [1.82, 2.24) is 9.88 Å². The van der Waals surface area contributed by atoms with Gasteiger partial charge in [0.15, 0.2) is 0 Å². The summed E-state index contributed by atoms with van der Waals surface area (Å²) in [6.07, 6.45) is 1.79. The van der Waals surface area contributed by atoms with Crippen molar-refractivity contribution >= 4 is 34.2 Å². The van der Waals surface area contributed by atoms with Gasteiger partial charge in [-0.1, -0.05) is 11.6 Å². The summed E-state index contributed by atoms with van der Waals surface area (Å²) in [5.41, 5.74) is 2.01. The Labute approximate surface area is 134 Å². The standard InChI is InChI=1S/C16H18ClN3O2/c1-11(16(21)22)19-6-8-20(9-7-19)15-4-5-18-14-10-12(17)2-3-13(14)15/h2-5,10-11H,6-9H2,1H3,(H,21,22). The fraction of sp³-hybridized carbons (Fsp3) is 0.375. The molecule has 5 nitrogen and oxygen atoms in total. The van der Waals surface area contributed by atoms with E-state index in [0.29, 0.717) is 5.02 Å². The Morgan fingerprint density at radius 1 is 1.27 bits per heavy atom. The van der Waals surface area contributed by atoms with E-state index < -0.39 is 12.0 Å². The van der Waals surface area contributed by atoms with Crippen LogP contribution in [0.3, 0.4) is 0 Å². The van der Waals surface area contributed by atoms with Crippen molar-refractivity contribution in [3.8, 4) is 0 Å². The molecule has 1 N–H and O–H groups in total. The van der Waals surface area contributed by atoms with Crippen LogP contribution < -0.4 is 4.90 Å². The van der Waals surface area contributed by atoms with E-state index in [2.05, 4.69) is 9.88 Å². The summed E-state index contributed by atoms with van der Waals surface area (Å²) in [4.78, 5) is 19.7. The number of anilines is 1. The Morgan fingerprint density at radius 3 is 2.68 bits per heavy atom. The van der Waals surface area contributed by atoms with E-state index in [9.17, 15) is 4.79 Å². The number of benzene rings is 1. The Bertz CT molecular complexity index is 699. The lowest BCUT2D eigenvalue weighted by atomic mass is 10.1. The molecular weight excluding hydrogens is 302 g/mol. The Hall–Kier alpha value is -1.85. The summed E-state index contributed by atoms with van der Waals surface area (Å²) >= 11 is 6.02. The summed E-state index contributed by atoms with van der Waals surface area (Å²) in [5, 5.41) is 10.9. The highest BCUT2D eigenvalue weighted by molar-refractivity contribution is 6.31. The van der Waals surface area contributed by atoms with E-state index >= 15 is 0 Å². The average Bonchev–Trinajstić information content (AvgIpc) is 2.53. The molecule has 1 aromatic carbocycles. The summed E-state index contributed by atoms with van der Waals surface area (Å²) in [5.74, 6) is -0.766. The molecule has 116 valence electrons. The predicted octanol–water partition coefficient (Wildman–Crippen LogP) is 2.48. The maximum atomic E-state index is 11.1. The van der Waals surface area contributed by atoms with Crippen molar-refractivity contribution in [2.75, 3.05) is 31.1 Å². The number of hydrogen-bond donors (Lipinski definition) is 1. The lowest BCUT2D eigenvalue weighted by Crippen LogP contribution is -2.51. The molecule has 0 amide bonds. The summed E-state index contributed by atoms with van der Waals surface area (Å²) in [7, 11) is 0. The van der Waals surface area contributed by atoms with E-state index in [4.69, 9.17) is 16.7 Å². The van der Waals surface area contributed by atoms with Crippen molar-refractivity contribution in [2.45, 2.75) is 13.0 Å². The fourth-order valence-electron chi connectivity index (χ4n) is 2.89. The third-order valence-electron chi connectivity index (χ3n) is 4.24. The van der Waals surface area contributed by atoms with Crippen LogP contribution >= 0.6 is 11.6 Å². The van der Waals surface area contributed by atoms with Crippen LogP contribution in [-0.2, 0) is 4.79 Å². The number of rotatable bonds is 3. The highest BCUT2D eigenvalue weighted by atomic mass is 35.5. The van der Waals surface area contributed by atoms with E-state index in [1.54, 1.807) is 13.1 Å². The molecule has 1 aliphatic heterocycles. The van der Waals surface area contributed by atoms with Crippen LogP contribution in [0.15, 0.2) is 30.5 Å². The number of aliphatic carboxylic acids is 1. The zero-order chi connectivity index (χ0) is 15.7. The number of carboxylic acids is 1. The van der Waals surface area contributed by atoms with Gasteiger partial charge in [0.1, 0.15) is 6.04 Å². The molecule has 0 spiro atoms. The number of fused-ring (bicyclic) bond motifs is 1. The van der Waals surface area contributed by atoms with Crippen LogP contribution in [0.25, 0.3) is 10.9 Å². The Balaban J connectivity index is 1.81. The van der Waals surface area contributed by atoms with Gasteiger partial charge >= 0.3 is 5.97 Å². The van der Waals surface area contributed by atoms with E-state index in [0.717, 1.165) is 42.8 Å². The van der Waals surface area contributed by atoms with E-state index in [-0.39, 0.29) is 0 Å². The largest absolute Gasteiger partial charge is 0.480 e. The molecule has 1 saturated heterocycles. The Morgan fingerprint density at radius 2 is 2.00 bits per heavy atom. The van der Waals surface area contributed by atoms with Gasteiger partial charge in [-0.25, -0.2) is 0 Å². The summed E-state index contributed by atoms with van der Waals surface area (Å²) < 4.78 is 0. The minimum atomic E-state index is -0.766. The van der Waals surface area contributed by atoms with Gasteiger partial charge in [0.05, 0.1) is 5.52 Å². The monoisotopic (exact) mass is 319 g/mol. The first-order chi connectivity index (χ1) is 10.6. The second-order valence-electron chi connectivity index (χ2n) is 5.53. The molecule has 3 rings (SSSR count). The molecule has 2 heterocycles. The maximum absolute atomic E-state index is 11.1.